The fourth-order valence-electron chi connectivity index (χ4n) is 3.48. The molecule has 2 rings (SSSR count). The minimum atomic E-state index is -2.55. The van der Waals surface area contributed by atoms with Gasteiger partial charge in [-0.25, -0.2) is 4.79 Å². The van der Waals surface area contributed by atoms with E-state index in [-0.39, 0.29) is 16.7 Å². The Balaban J connectivity index is 2.64. The molecule has 0 bridgehead atoms. The van der Waals surface area contributed by atoms with Crippen molar-refractivity contribution in [1.82, 2.24) is 9.55 Å². The first kappa shape index (κ1) is 30.6. The first-order valence-electron chi connectivity index (χ1n) is 12.2. The lowest BCUT2D eigenvalue weighted by Gasteiger charge is -2.43. The van der Waals surface area contributed by atoms with Crippen LogP contribution < -0.4 is 11.2 Å². The number of aliphatic hydroxyl groups is 1. The summed E-state index contributed by atoms with van der Waals surface area (Å²) < 4.78 is 25.4. The van der Waals surface area contributed by atoms with Crippen LogP contribution in [0.25, 0.3) is 0 Å². The predicted octanol–water partition coefficient (Wildman–Crippen LogP) is 3.14. The molecule has 1 aromatic heterocycles. The lowest BCUT2D eigenvalue weighted by atomic mass is 9.88. The Morgan fingerprint density at radius 1 is 1.11 bits per heavy atom. The van der Waals surface area contributed by atoms with E-state index < -0.39 is 64.3 Å². The highest BCUT2D eigenvalue weighted by Gasteiger charge is 2.61. The summed E-state index contributed by atoms with van der Waals surface area (Å²) in [6.07, 6.45) is -2.31. The van der Waals surface area contributed by atoms with Crippen LogP contribution in [0.4, 0.5) is 0 Å². The average Bonchev–Trinajstić information content (AvgIpc) is 2.95. The second-order valence-corrected chi connectivity index (χ2v) is 22.2. The van der Waals surface area contributed by atoms with Gasteiger partial charge in [0.2, 0.25) is 0 Å². The maximum absolute atomic E-state index is 12.8. The van der Waals surface area contributed by atoms with Crippen LogP contribution in [0.5, 0.6) is 0 Å². The molecule has 1 aliphatic rings. The monoisotopic (exact) mass is 544 g/mol. The van der Waals surface area contributed by atoms with Crippen LogP contribution in [0, 0.1) is 0 Å². The molecule has 0 amide bonds. The quantitative estimate of drug-likeness (QED) is 0.377. The molecule has 12 heteroatoms. The van der Waals surface area contributed by atoms with Gasteiger partial charge in [-0.1, -0.05) is 41.5 Å². The number of hydrogen-bond donors (Lipinski definition) is 2. The van der Waals surface area contributed by atoms with Gasteiger partial charge in [0.25, 0.3) is 5.56 Å². The molecule has 0 aromatic carbocycles. The summed E-state index contributed by atoms with van der Waals surface area (Å²) in [5.74, 6) is -0.642. The van der Waals surface area contributed by atoms with Gasteiger partial charge in [0, 0.05) is 12.3 Å². The maximum atomic E-state index is 12.8. The van der Waals surface area contributed by atoms with Crippen LogP contribution in [0.1, 0.15) is 54.2 Å². The molecule has 10 nitrogen and oxygen atoms in total. The van der Waals surface area contributed by atoms with E-state index >= 15 is 0 Å². The summed E-state index contributed by atoms with van der Waals surface area (Å²) >= 11 is 0. The zero-order chi connectivity index (χ0) is 27.9. The van der Waals surface area contributed by atoms with Gasteiger partial charge in [0.05, 0.1) is 20.1 Å². The van der Waals surface area contributed by atoms with Gasteiger partial charge in [0.1, 0.15) is 17.8 Å². The van der Waals surface area contributed by atoms with Gasteiger partial charge in [-0.05, 0) is 36.3 Å². The number of nitrogens with zero attached hydrogens (tertiary/aromatic N) is 1. The lowest BCUT2D eigenvalue weighted by molar-refractivity contribution is -0.154. The SMILES string of the molecule is COC(=O)C[C@@]1(O)[C@@H](CO[Si](C)(C)C(C)(C)C)O[C@@H](n2ccc(=O)[nH]c2=O)[C@@H]1O[Si](C)(C)C(C)(C)C. The summed E-state index contributed by atoms with van der Waals surface area (Å²) in [6, 6.07) is 1.20. The largest absolute Gasteiger partial charge is 0.469 e. The number of hydrogen-bond acceptors (Lipinski definition) is 8. The average molecular weight is 545 g/mol. The van der Waals surface area contributed by atoms with Crippen molar-refractivity contribution in [3.63, 3.8) is 0 Å². The standard InChI is InChI=1S/C24H44N2O8Si2/c1-22(2,3)35(8,9)32-15-16-24(30,14-18(28)31-7)19(34-36(10,11)23(4,5)6)20(33-16)26-13-12-17(27)25-21(26)29/h12-13,16,19-20,30H,14-15H2,1-11H3,(H,25,27,29)/t16-,19+,20-,24-/m1/s1. The fourth-order valence-corrected chi connectivity index (χ4v) is 5.79. The van der Waals surface area contributed by atoms with Crippen LogP contribution in [0.3, 0.4) is 0 Å². The van der Waals surface area contributed by atoms with Crippen molar-refractivity contribution in [1.29, 1.82) is 0 Å². The van der Waals surface area contributed by atoms with Crippen molar-refractivity contribution in [2.45, 2.75) is 108 Å². The summed E-state index contributed by atoms with van der Waals surface area (Å²) in [6.45, 7) is 20.6. The molecule has 1 saturated heterocycles. The van der Waals surface area contributed by atoms with Crippen LogP contribution >= 0.6 is 0 Å². The number of H-pyrrole nitrogens is 1. The highest BCUT2D eigenvalue weighted by atomic mass is 28.4. The number of nitrogens with one attached hydrogen (secondary N) is 1. The van der Waals surface area contributed by atoms with E-state index in [0.717, 1.165) is 0 Å². The topological polar surface area (TPSA) is 129 Å². The summed E-state index contributed by atoms with van der Waals surface area (Å²) in [4.78, 5) is 39.2. The van der Waals surface area contributed by atoms with Crippen LogP contribution in [0.15, 0.2) is 21.9 Å². The van der Waals surface area contributed by atoms with E-state index in [4.69, 9.17) is 18.3 Å². The van der Waals surface area contributed by atoms with Crippen molar-refractivity contribution >= 4 is 22.6 Å². The molecule has 1 aliphatic heterocycles. The molecular weight excluding hydrogens is 500 g/mol. The molecule has 0 saturated carbocycles. The number of aromatic amines is 1. The number of carbonyl (C=O) groups excluding carboxylic acids is 1. The van der Waals surface area contributed by atoms with Gasteiger partial charge >= 0.3 is 11.7 Å². The molecule has 1 fully saturated rings. The zero-order valence-corrected chi connectivity index (χ0v) is 25.6. The number of ether oxygens (including phenoxy) is 2. The summed E-state index contributed by atoms with van der Waals surface area (Å²) in [5.41, 5.74) is -3.12. The normalized spacial score (nSPS) is 25.7. The first-order valence-corrected chi connectivity index (χ1v) is 18.1. The second-order valence-electron chi connectivity index (χ2n) is 12.6. The van der Waals surface area contributed by atoms with E-state index in [1.54, 1.807) is 0 Å². The third-order valence-corrected chi connectivity index (χ3v) is 17.0. The van der Waals surface area contributed by atoms with Gasteiger partial charge < -0.3 is 23.4 Å². The smallest absolute Gasteiger partial charge is 0.330 e. The van der Waals surface area contributed by atoms with Crippen molar-refractivity contribution in [3.05, 3.63) is 33.1 Å². The molecule has 0 aliphatic carbocycles. The van der Waals surface area contributed by atoms with E-state index in [9.17, 15) is 19.5 Å². The second kappa shape index (κ2) is 10.3. The van der Waals surface area contributed by atoms with Gasteiger partial charge in [-0.2, -0.15) is 0 Å². The number of methoxy groups -OCH3 is 1. The Morgan fingerprint density at radius 3 is 2.14 bits per heavy atom. The van der Waals surface area contributed by atoms with E-state index in [0.29, 0.717) is 0 Å². The molecular formula is C24H44N2O8Si2. The zero-order valence-electron chi connectivity index (χ0n) is 23.6. The van der Waals surface area contributed by atoms with Crippen molar-refractivity contribution in [2.75, 3.05) is 13.7 Å². The molecule has 2 heterocycles. The fraction of sp³-hybridized carbons (Fsp3) is 0.792. The van der Waals surface area contributed by atoms with Crippen LogP contribution in [-0.4, -0.2) is 68.8 Å². The molecule has 0 spiro atoms. The lowest BCUT2D eigenvalue weighted by Crippen LogP contribution is -2.57. The Kier molecular flexibility index (Phi) is 8.76. The number of rotatable bonds is 8. The van der Waals surface area contributed by atoms with E-state index in [1.807, 2.05) is 33.9 Å². The summed E-state index contributed by atoms with van der Waals surface area (Å²) in [5, 5.41) is 11.8. The summed E-state index contributed by atoms with van der Waals surface area (Å²) in [7, 11) is -3.56. The number of esters is 1. The van der Waals surface area contributed by atoms with E-state index in [2.05, 4.69) is 38.8 Å². The third kappa shape index (κ3) is 6.28. The van der Waals surface area contributed by atoms with Crippen molar-refractivity contribution in [3.8, 4) is 0 Å². The number of aromatic nitrogens is 2. The third-order valence-electron chi connectivity index (χ3n) is 8.02. The molecule has 4 atom stereocenters. The molecule has 2 N–H and O–H groups in total. The molecule has 1 aromatic rings. The molecule has 206 valence electrons. The first-order chi connectivity index (χ1) is 16.2. The molecule has 36 heavy (non-hydrogen) atoms. The Morgan fingerprint density at radius 2 is 1.67 bits per heavy atom. The van der Waals surface area contributed by atoms with E-state index in [1.165, 1.54) is 23.9 Å². The highest BCUT2D eigenvalue weighted by Crippen LogP contribution is 2.47. The predicted molar refractivity (Wildman–Crippen MR) is 142 cm³/mol. The van der Waals surface area contributed by atoms with Crippen LogP contribution in [-0.2, 0) is 23.1 Å². The van der Waals surface area contributed by atoms with Gasteiger partial charge in [-0.3, -0.25) is 19.1 Å². The molecule has 0 unspecified atom stereocenters. The van der Waals surface area contributed by atoms with Crippen LogP contribution in [0.2, 0.25) is 36.3 Å². The van der Waals surface area contributed by atoms with Gasteiger partial charge in [-0.15, -0.1) is 0 Å². The number of carbonyl (C=O) groups is 1. The Bertz CT molecular complexity index is 1050. The minimum absolute atomic E-state index is 0.00402. The minimum Gasteiger partial charge on any atom is -0.469 e. The van der Waals surface area contributed by atoms with Gasteiger partial charge in [0.15, 0.2) is 22.9 Å². The van der Waals surface area contributed by atoms with Crippen molar-refractivity contribution in [2.24, 2.45) is 0 Å². The van der Waals surface area contributed by atoms with Crippen molar-refractivity contribution < 1.29 is 28.2 Å². The maximum Gasteiger partial charge on any atom is 0.330 e. The highest BCUT2D eigenvalue weighted by molar-refractivity contribution is 6.74. The Labute approximate surface area is 215 Å². The Hall–Kier alpha value is -1.58. The molecule has 0 radical (unpaired) electrons.